The van der Waals surface area contributed by atoms with Crippen LogP contribution in [0.1, 0.15) is 46.0 Å². The lowest BCUT2D eigenvalue weighted by Gasteiger charge is -2.14. The maximum atomic E-state index is 11.7. The van der Waals surface area contributed by atoms with Crippen LogP contribution in [-0.4, -0.2) is 28.3 Å². The van der Waals surface area contributed by atoms with Crippen molar-refractivity contribution in [2.75, 3.05) is 12.4 Å². The first-order valence-electron chi connectivity index (χ1n) is 9.43. The number of hydrogen-bond acceptors (Lipinski definition) is 6. The van der Waals surface area contributed by atoms with Crippen molar-refractivity contribution >= 4 is 30.4 Å². The largest absolute Gasteiger partial charge is 0.465 e. The molecule has 2 rings (SSSR count). The topological polar surface area (TPSA) is 52.1 Å². The molecule has 2 heterocycles. The van der Waals surface area contributed by atoms with E-state index in [4.69, 9.17) is 4.74 Å². The molecule has 0 saturated carbocycles. The third-order valence-electron chi connectivity index (χ3n) is 3.88. The molecule has 6 heteroatoms. The minimum atomic E-state index is -0.0867. The van der Waals surface area contributed by atoms with E-state index in [1.165, 1.54) is 12.8 Å². The molecule has 27 heavy (non-hydrogen) atoms. The van der Waals surface area contributed by atoms with E-state index in [1.54, 1.807) is 30.4 Å². The number of hydrogen-bond donors (Lipinski definition) is 1. The fourth-order valence-corrected chi connectivity index (χ4v) is 3.19. The van der Waals surface area contributed by atoms with Gasteiger partial charge in [0.1, 0.15) is 0 Å². The van der Waals surface area contributed by atoms with E-state index in [0.717, 1.165) is 28.4 Å². The van der Waals surface area contributed by atoms with Gasteiger partial charge in [0.25, 0.3) is 0 Å². The summed E-state index contributed by atoms with van der Waals surface area (Å²) < 4.78 is 5.36. The fraction of sp³-hybridized carbons (Fsp3) is 0.476. The summed E-state index contributed by atoms with van der Waals surface area (Å²) in [6, 6.07) is 7.64. The van der Waals surface area contributed by atoms with Gasteiger partial charge in [-0.15, -0.1) is 24.4 Å². The molecule has 0 fully saturated rings. The minimum absolute atomic E-state index is 0.0867. The van der Waals surface area contributed by atoms with Crippen LogP contribution >= 0.6 is 24.4 Å². The molecule has 0 aliphatic carbocycles. The first-order chi connectivity index (χ1) is 13.2. The van der Waals surface area contributed by atoms with Crippen molar-refractivity contribution in [1.29, 1.82) is 0 Å². The number of ether oxygens (including phenoxy) is 1. The Morgan fingerprint density at radius 2 is 1.93 bits per heavy atom. The number of aromatic nitrogens is 2. The van der Waals surface area contributed by atoms with Gasteiger partial charge in [0, 0.05) is 40.3 Å². The molecule has 2 aromatic heterocycles. The summed E-state index contributed by atoms with van der Waals surface area (Å²) in [4.78, 5) is 21.5. The first kappa shape index (κ1) is 23.5. The molecule has 0 aliphatic heterocycles. The summed E-state index contributed by atoms with van der Waals surface area (Å²) in [5.41, 5.74) is 0. The van der Waals surface area contributed by atoms with Crippen LogP contribution in [0.15, 0.2) is 58.8 Å². The van der Waals surface area contributed by atoms with E-state index in [9.17, 15) is 4.79 Å². The highest BCUT2D eigenvalue weighted by Gasteiger charge is 2.10. The number of rotatable bonds is 10. The predicted molar refractivity (Wildman–Crippen MR) is 115 cm³/mol. The highest BCUT2D eigenvalue weighted by molar-refractivity contribution is 7.99. The van der Waals surface area contributed by atoms with Crippen molar-refractivity contribution in [1.82, 2.24) is 9.97 Å². The zero-order valence-corrected chi connectivity index (χ0v) is 17.9. The van der Waals surface area contributed by atoms with Gasteiger partial charge in [-0.3, -0.25) is 14.8 Å². The van der Waals surface area contributed by atoms with E-state index >= 15 is 0 Å². The average molecular weight is 407 g/mol. The third kappa shape index (κ3) is 12.5. The lowest BCUT2D eigenvalue weighted by molar-refractivity contribution is -0.144. The highest BCUT2D eigenvalue weighted by Crippen LogP contribution is 2.17. The van der Waals surface area contributed by atoms with Crippen LogP contribution in [0.2, 0.25) is 0 Å². The molecule has 0 amide bonds. The molecule has 1 unspecified atom stereocenters. The number of unbranched alkanes of at least 4 members (excludes halogenated alkanes) is 1. The Morgan fingerprint density at radius 3 is 2.44 bits per heavy atom. The zero-order valence-electron chi connectivity index (χ0n) is 16.2. The molecule has 4 nitrogen and oxygen atoms in total. The number of carbonyl (C=O) groups excluding carboxylic acids is 1. The van der Waals surface area contributed by atoms with Crippen LogP contribution in [0.5, 0.6) is 0 Å². The molecule has 0 bridgehead atoms. The second-order valence-electron chi connectivity index (χ2n) is 6.10. The summed E-state index contributed by atoms with van der Waals surface area (Å²) in [6.45, 7) is 4.92. The quantitative estimate of drug-likeness (QED) is 0.312. The van der Waals surface area contributed by atoms with Gasteiger partial charge in [-0.25, -0.2) is 0 Å². The summed E-state index contributed by atoms with van der Waals surface area (Å²) in [5, 5.41) is 0. The number of carbonyl (C=O) groups is 1. The SMILES string of the molecule is CCCCC(CC)COC(=O)CCSc1cccnc1.Sc1cccnc1. The molecule has 0 aromatic carbocycles. The van der Waals surface area contributed by atoms with Gasteiger partial charge in [0.05, 0.1) is 13.0 Å². The van der Waals surface area contributed by atoms with Gasteiger partial charge in [-0.2, -0.15) is 0 Å². The number of thioether (sulfide) groups is 1. The van der Waals surface area contributed by atoms with Gasteiger partial charge < -0.3 is 4.74 Å². The lowest BCUT2D eigenvalue weighted by atomic mass is 10.0. The molecule has 148 valence electrons. The van der Waals surface area contributed by atoms with Gasteiger partial charge in [0.2, 0.25) is 0 Å². The fourth-order valence-electron chi connectivity index (χ4n) is 2.22. The van der Waals surface area contributed by atoms with E-state index in [-0.39, 0.29) is 5.97 Å². The van der Waals surface area contributed by atoms with Crippen molar-refractivity contribution in [3.63, 3.8) is 0 Å². The Kier molecular flexibility index (Phi) is 13.5. The monoisotopic (exact) mass is 406 g/mol. The Morgan fingerprint density at radius 1 is 1.19 bits per heavy atom. The van der Waals surface area contributed by atoms with E-state index in [1.807, 2.05) is 30.5 Å². The van der Waals surface area contributed by atoms with Crippen LogP contribution < -0.4 is 0 Å². The van der Waals surface area contributed by atoms with Crippen LogP contribution in [-0.2, 0) is 9.53 Å². The van der Waals surface area contributed by atoms with Crippen LogP contribution in [0.4, 0.5) is 0 Å². The standard InChI is InChI=1S/C16H25NO2S.C5H5NS/c1-3-5-7-14(4-2)13-19-16(18)9-11-20-15-8-6-10-17-12-15;7-5-2-1-3-6-4-5/h6,8,10,12,14H,3-5,7,9,11,13H2,1-2H3;1-4,7H. The maximum Gasteiger partial charge on any atom is 0.306 e. The zero-order chi connectivity index (χ0) is 19.7. The summed E-state index contributed by atoms with van der Waals surface area (Å²) >= 11 is 5.66. The summed E-state index contributed by atoms with van der Waals surface area (Å²) in [5.74, 6) is 1.18. The number of pyridine rings is 2. The maximum absolute atomic E-state index is 11.7. The molecule has 0 N–H and O–H groups in total. The summed E-state index contributed by atoms with van der Waals surface area (Å²) in [6.07, 6.45) is 12.1. The Hall–Kier alpha value is -1.53. The van der Waals surface area contributed by atoms with E-state index < -0.39 is 0 Å². The van der Waals surface area contributed by atoms with Crippen molar-refractivity contribution < 1.29 is 9.53 Å². The Balaban J connectivity index is 0.000000433. The molecular formula is C21H30N2O2S2. The van der Waals surface area contributed by atoms with Crippen molar-refractivity contribution in [2.24, 2.45) is 5.92 Å². The van der Waals surface area contributed by atoms with Gasteiger partial charge in [-0.05, 0) is 36.6 Å². The van der Waals surface area contributed by atoms with Crippen LogP contribution in [0, 0.1) is 5.92 Å². The lowest BCUT2D eigenvalue weighted by Crippen LogP contribution is -2.14. The van der Waals surface area contributed by atoms with Crippen molar-refractivity contribution in [3.8, 4) is 0 Å². The molecule has 0 spiro atoms. The van der Waals surface area contributed by atoms with Crippen molar-refractivity contribution in [2.45, 2.75) is 55.7 Å². The first-order valence-corrected chi connectivity index (χ1v) is 10.9. The Bertz CT molecular complexity index is 612. The molecule has 2 aromatic rings. The van der Waals surface area contributed by atoms with E-state index in [2.05, 4.69) is 36.4 Å². The third-order valence-corrected chi connectivity index (χ3v) is 5.13. The van der Waals surface area contributed by atoms with Gasteiger partial charge >= 0.3 is 5.97 Å². The smallest absolute Gasteiger partial charge is 0.306 e. The van der Waals surface area contributed by atoms with Crippen molar-refractivity contribution in [3.05, 3.63) is 49.1 Å². The minimum Gasteiger partial charge on any atom is -0.465 e. The number of nitrogens with zero attached hydrogens (tertiary/aromatic N) is 2. The normalized spacial score (nSPS) is 11.2. The summed E-state index contributed by atoms with van der Waals surface area (Å²) in [7, 11) is 0. The van der Waals surface area contributed by atoms with Crippen LogP contribution in [0.25, 0.3) is 0 Å². The second-order valence-corrected chi connectivity index (χ2v) is 7.78. The number of thiol groups is 1. The van der Waals surface area contributed by atoms with Gasteiger partial charge in [0.15, 0.2) is 0 Å². The van der Waals surface area contributed by atoms with Gasteiger partial charge in [-0.1, -0.05) is 33.1 Å². The number of esters is 1. The van der Waals surface area contributed by atoms with E-state index in [0.29, 0.717) is 18.9 Å². The highest BCUT2D eigenvalue weighted by atomic mass is 32.2. The Labute approximate surface area is 173 Å². The molecule has 1 atom stereocenters. The molecule has 0 radical (unpaired) electrons. The average Bonchev–Trinajstić information content (AvgIpc) is 2.70. The molecular weight excluding hydrogens is 376 g/mol. The van der Waals surface area contributed by atoms with Crippen LogP contribution in [0.3, 0.4) is 0 Å². The molecule has 0 saturated heterocycles. The predicted octanol–water partition coefficient (Wildman–Crippen LogP) is 5.69. The second kappa shape index (κ2) is 15.5. The molecule has 0 aliphatic rings.